The molecule has 0 aliphatic carbocycles. The van der Waals surface area contributed by atoms with E-state index in [1.165, 1.54) is 36.8 Å². The Balaban J connectivity index is 1.53. The second kappa shape index (κ2) is 12.7. The number of benzene rings is 3. The van der Waals surface area contributed by atoms with Gasteiger partial charge in [0.1, 0.15) is 17.4 Å². The van der Waals surface area contributed by atoms with Crippen LogP contribution >= 0.6 is 0 Å². The van der Waals surface area contributed by atoms with E-state index in [1.54, 1.807) is 25.4 Å². The van der Waals surface area contributed by atoms with E-state index in [0.29, 0.717) is 34.8 Å². The van der Waals surface area contributed by atoms with Crippen molar-refractivity contribution in [3.05, 3.63) is 108 Å². The van der Waals surface area contributed by atoms with E-state index in [1.807, 2.05) is 24.3 Å². The van der Waals surface area contributed by atoms with E-state index >= 15 is 0 Å². The van der Waals surface area contributed by atoms with Crippen molar-refractivity contribution in [3.8, 4) is 17.0 Å². The van der Waals surface area contributed by atoms with Gasteiger partial charge in [-0.15, -0.1) is 0 Å². The summed E-state index contributed by atoms with van der Waals surface area (Å²) < 4.78 is 34.3. The summed E-state index contributed by atoms with van der Waals surface area (Å²) in [6.45, 7) is 5.44. The van der Waals surface area contributed by atoms with Gasteiger partial charge < -0.3 is 15.0 Å². The van der Waals surface area contributed by atoms with Crippen molar-refractivity contribution in [1.29, 1.82) is 0 Å². The summed E-state index contributed by atoms with van der Waals surface area (Å²) in [6, 6.07) is 16.6. The molecule has 2 heterocycles. The van der Waals surface area contributed by atoms with Crippen LogP contribution in [0, 0.1) is 11.6 Å². The van der Waals surface area contributed by atoms with Crippen LogP contribution in [0.15, 0.2) is 79.5 Å². The maximum absolute atomic E-state index is 14.8. The Labute approximate surface area is 238 Å². The van der Waals surface area contributed by atoms with Crippen LogP contribution in [0.1, 0.15) is 36.0 Å². The molecule has 210 valence electrons. The number of piperidine rings is 1. The molecule has 0 radical (unpaired) electrons. The normalized spacial score (nSPS) is 13.1. The van der Waals surface area contributed by atoms with Crippen molar-refractivity contribution < 1.29 is 18.3 Å². The molecule has 3 aromatic carbocycles. The van der Waals surface area contributed by atoms with Crippen LogP contribution in [-0.4, -0.2) is 36.0 Å². The maximum Gasteiger partial charge on any atom is 0.227 e. The highest BCUT2D eigenvalue weighted by atomic mass is 19.1. The van der Waals surface area contributed by atoms with Gasteiger partial charge in [0.2, 0.25) is 5.95 Å². The number of carbonyl (C=O) groups excluding carboxylic acids is 1. The molecule has 0 spiro atoms. The maximum atomic E-state index is 14.8. The highest BCUT2D eigenvalue weighted by Crippen LogP contribution is 2.34. The lowest BCUT2D eigenvalue weighted by molar-refractivity contribution is -0.114. The third kappa shape index (κ3) is 6.95. The predicted octanol–water partition coefficient (Wildman–Crippen LogP) is 7.05. The number of hydrogen-bond donors (Lipinski definition) is 1. The Kier molecular flexibility index (Phi) is 8.67. The second-order valence-electron chi connectivity index (χ2n) is 10.1. The van der Waals surface area contributed by atoms with Gasteiger partial charge in [0.25, 0.3) is 0 Å². The standard InChI is InChI=1S/C33H32F2N4O2/c1-3-29(40)18-23-15-24(19-27(35)17-23)32-25(14-22-8-7-9-26(34)16-22)21-36-33(38-32)37-28-10-11-31(41-2)30(20-28)39-12-5-4-6-13-39/h3,7-11,15-17,19-21H,1,4-6,12-14,18H2,2H3,(H,36,37,38). The molecule has 0 unspecified atom stereocenters. The largest absolute Gasteiger partial charge is 0.495 e. The Morgan fingerprint density at radius 2 is 1.83 bits per heavy atom. The first-order chi connectivity index (χ1) is 19.9. The Morgan fingerprint density at radius 1 is 1.02 bits per heavy atom. The van der Waals surface area contributed by atoms with Gasteiger partial charge in [0.05, 0.1) is 18.5 Å². The van der Waals surface area contributed by atoms with E-state index in [4.69, 9.17) is 9.72 Å². The molecule has 1 N–H and O–H groups in total. The van der Waals surface area contributed by atoms with Crippen LogP contribution in [0.4, 0.5) is 26.1 Å². The molecule has 1 fully saturated rings. The zero-order chi connectivity index (χ0) is 28.8. The molecular weight excluding hydrogens is 522 g/mol. The summed E-state index contributed by atoms with van der Waals surface area (Å²) in [6.07, 6.45) is 6.74. The first-order valence-corrected chi connectivity index (χ1v) is 13.7. The average molecular weight is 555 g/mol. The van der Waals surface area contributed by atoms with Crippen molar-refractivity contribution in [2.75, 3.05) is 30.4 Å². The van der Waals surface area contributed by atoms with E-state index in [0.717, 1.165) is 48.6 Å². The van der Waals surface area contributed by atoms with Crippen molar-refractivity contribution in [2.24, 2.45) is 0 Å². The molecule has 8 heteroatoms. The third-order valence-corrected chi connectivity index (χ3v) is 7.12. The fourth-order valence-corrected chi connectivity index (χ4v) is 5.15. The number of methoxy groups -OCH3 is 1. The lowest BCUT2D eigenvalue weighted by Gasteiger charge is -2.30. The van der Waals surface area contributed by atoms with Crippen LogP contribution in [-0.2, 0) is 17.6 Å². The fraction of sp³-hybridized carbons (Fsp3) is 0.242. The van der Waals surface area contributed by atoms with Gasteiger partial charge in [0, 0.05) is 48.9 Å². The number of carbonyl (C=O) groups is 1. The quantitative estimate of drug-likeness (QED) is 0.212. The monoisotopic (exact) mass is 554 g/mol. The van der Waals surface area contributed by atoms with Gasteiger partial charge in [-0.2, -0.15) is 0 Å². The van der Waals surface area contributed by atoms with Crippen LogP contribution in [0.5, 0.6) is 5.75 Å². The van der Waals surface area contributed by atoms with E-state index in [2.05, 4.69) is 21.8 Å². The third-order valence-electron chi connectivity index (χ3n) is 7.12. The van der Waals surface area contributed by atoms with Gasteiger partial charge in [0.15, 0.2) is 5.78 Å². The second-order valence-corrected chi connectivity index (χ2v) is 10.1. The minimum atomic E-state index is -0.486. The first-order valence-electron chi connectivity index (χ1n) is 13.7. The average Bonchev–Trinajstić information content (AvgIpc) is 2.98. The topological polar surface area (TPSA) is 67.3 Å². The van der Waals surface area contributed by atoms with Gasteiger partial charge >= 0.3 is 0 Å². The number of rotatable bonds is 10. The molecule has 1 aliphatic rings. The number of anilines is 3. The molecule has 1 saturated heterocycles. The predicted molar refractivity (Wildman–Crippen MR) is 158 cm³/mol. The lowest BCUT2D eigenvalue weighted by atomic mass is 9.98. The molecule has 41 heavy (non-hydrogen) atoms. The molecule has 5 rings (SSSR count). The summed E-state index contributed by atoms with van der Waals surface area (Å²) in [5.41, 5.74) is 4.71. The Bertz CT molecular complexity index is 1570. The number of allylic oxidation sites excluding steroid dienone is 1. The molecule has 0 bridgehead atoms. The zero-order valence-electron chi connectivity index (χ0n) is 23.0. The molecule has 4 aromatic rings. The van der Waals surface area contributed by atoms with Gasteiger partial charge in [-0.1, -0.05) is 18.7 Å². The number of ether oxygens (including phenoxy) is 1. The minimum Gasteiger partial charge on any atom is -0.495 e. The van der Waals surface area contributed by atoms with Crippen molar-refractivity contribution in [1.82, 2.24) is 9.97 Å². The summed E-state index contributed by atoms with van der Waals surface area (Å²) >= 11 is 0. The first kappa shape index (κ1) is 28.0. The number of nitrogens with zero attached hydrogens (tertiary/aromatic N) is 3. The molecule has 1 aliphatic heterocycles. The van der Waals surface area contributed by atoms with Gasteiger partial charge in [-0.3, -0.25) is 4.79 Å². The van der Waals surface area contributed by atoms with Crippen molar-refractivity contribution in [2.45, 2.75) is 32.1 Å². The summed E-state index contributed by atoms with van der Waals surface area (Å²) in [7, 11) is 1.67. The van der Waals surface area contributed by atoms with Gasteiger partial charge in [-0.25, -0.2) is 18.7 Å². The van der Waals surface area contributed by atoms with E-state index in [9.17, 15) is 13.6 Å². The zero-order valence-corrected chi connectivity index (χ0v) is 23.0. The van der Waals surface area contributed by atoms with Crippen molar-refractivity contribution in [3.63, 3.8) is 0 Å². The van der Waals surface area contributed by atoms with Crippen molar-refractivity contribution >= 4 is 23.1 Å². The molecule has 0 atom stereocenters. The smallest absolute Gasteiger partial charge is 0.227 e. The van der Waals surface area contributed by atoms with Crippen LogP contribution < -0.4 is 15.0 Å². The van der Waals surface area contributed by atoms with Crippen LogP contribution in [0.2, 0.25) is 0 Å². The molecule has 1 aromatic heterocycles. The fourth-order valence-electron chi connectivity index (χ4n) is 5.15. The van der Waals surface area contributed by atoms with E-state index in [-0.39, 0.29) is 18.0 Å². The number of halogens is 2. The molecule has 0 amide bonds. The SMILES string of the molecule is C=CC(=O)Cc1cc(F)cc(-c2nc(Nc3ccc(OC)c(N4CCCCC4)c3)ncc2Cc2cccc(F)c2)c1. The number of hydrogen-bond acceptors (Lipinski definition) is 6. The number of ketones is 1. The summed E-state index contributed by atoms with van der Waals surface area (Å²) in [5, 5.41) is 3.29. The van der Waals surface area contributed by atoms with Crippen LogP contribution in [0.25, 0.3) is 11.3 Å². The molecule has 0 saturated carbocycles. The number of nitrogens with one attached hydrogen (secondary N) is 1. The minimum absolute atomic E-state index is 0.0226. The molecule has 6 nitrogen and oxygen atoms in total. The lowest BCUT2D eigenvalue weighted by Crippen LogP contribution is -2.29. The summed E-state index contributed by atoms with van der Waals surface area (Å²) in [4.78, 5) is 23.7. The highest BCUT2D eigenvalue weighted by Gasteiger charge is 2.18. The highest BCUT2D eigenvalue weighted by molar-refractivity contribution is 5.91. The van der Waals surface area contributed by atoms with Crippen LogP contribution in [0.3, 0.4) is 0 Å². The van der Waals surface area contributed by atoms with E-state index < -0.39 is 5.82 Å². The van der Waals surface area contributed by atoms with Gasteiger partial charge in [-0.05, 0) is 85.0 Å². The number of aromatic nitrogens is 2. The Morgan fingerprint density at radius 3 is 2.59 bits per heavy atom. The summed E-state index contributed by atoms with van der Waals surface area (Å²) in [5.74, 6) is 0.0796. The Hall–Kier alpha value is -4.59. The molecular formula is C33H32F2N4O2.